The van der Waals surface area contributed by atoms with E-state index in [4.69, 9.17) is 4.74 Å². The zero-order chi connectivity index (χ0) is 23.2. The number of nitrogens with zero attached hydrogens (tertiary/aromatic N) is 3. The van der Waals surface area contributed by atoms with Crippen molar-refractivity contribution in [3.63, 3.8) is 0 Å². The van der Waals surface area contributed by atoms with E-state index in [9.17, 15) is 14.4 Å². The molecule has 2 aromatic rings. The van der Waals surface area contributed by atoms with Crippen LogP contribution in [0.25, 0.3) is 0 Å². The summed E-state index contributed by atoms with van der Waals surface area (Å²) in [7, 11) is 0. The van der Waals surface area contributed by atoms with Gasteiger partial charge in [0.15, 0.2) is 5.60 Å². The van der Waals surface area contributed by atoms with Gasteiger partial charge in [-0.1, -0.05) is 18.2 Å². The highest BCUT2D eigenvalue weighted by molar-refractivity contribution is 6.10. The van der Waals surface area contributed by atoms with E-state index < -0.39 is 5.60 Å². The lowest BCUT2D eigenvalue weighted by molar-refractivity contribution is -0.137. The summed E-state index contributed by atoms with van der Waals surface area (Å²) in [5, 5.41) is 0. The van der Waals surface area contributed by atoms with E-state index >= 15 is 0 Å². The van der Waals surface area contributed by atoms with E-state index in [-0.39, 0.29) is 24.3 Å². The van der Waals surface area contributed by atoms with Crippen LogP contribution in [-0.2, 0) is 16.0 Å². The van der Waals surface area contributed by atoms with Gasteiger partial charge in [-0.25, -0.2) is 0 Å². The standard InChI is InChI=1S/C26H29N3O4/c1-26(2)25(32)29(17-23(30)27-13-6-3-7-14-27)21-16-19(10-11-22(21)33-26)24(31)28-15-12-18-8-4-5-9-20(18)28/h4-5,8-11,16H,3,6-7,12-15,17H2,1-2H3. The van der Waals surface area contributed by atoms with Gasteiger partial charge in [0.25, 0.3) is 11.8 Å². The third-order valence-electron chi connectivity index (χ3n) is 6.76. The third-order valence-corrected chi connectivity index (χ3v) is 6.76. The fourth-order valence-corrected chi connectivity index (χ4v) is 4.94. The highest BCUT2D eigenvalue weighted by Gasteiger charge is 2.42. The predicted molar refractivity (Wildman–Crippen MR) is 126 cm³/mol. The zero-order valence-electron chi connectivity index (χ0n) is 19.2. The fourth-order valence-electron chi connectivity index (χ4n) is 4.94. The van der Waals surface area contributed by atoms with E-state index in [1.54, 1.807) is 36.9 Å². The number of hydrogen-bond acceptors (Lipinski definition) is 4. The summed E-state index contributed by atoms with van der Waals surface area (Å²) >= 11 is 0. The van der Waals surface area contributed by atoms with Gasteiger partial charge in [-0.2, -0.15) is 0 Å². The Morgan fingerprint density at radius 3 is 2.52 bits per heavy atom. The first-order valence-corrected chi connectivity index (χ1v) is 11.7. The van der Waals surface area contributed by atoms with Crippen LogP contribution in [0.3, 0.4) is 0 Å². The van der Waals surface area contributed by atoms with Crippen molar-refractivity contribution in [2.24, 2.45) is 0 Å². The molecule has 3 amide bonds. The van der Waals surface area contributed by atoms with Crippen molar-refractivity contribution < 1.29 is 19.1 Å². The second-order valence-electron chi connectivity index (χ2n) is 9.46. The number of amides is 3. The van der Waals surface area contributed by atoms with Crippen LogP contribution in [0, 0.1) is 0 Å². The van der Waals surface area contributed by atoms with E-state index in [1.165, 1.54) is 4.90 Å². The molecule has 3 aliphatic heterocycles. The Kier molecular flexibility index (Phi) is 5.35. The number of piperidine rings is 1. The van der Waals surface area contributed by atoms with Crippen LogP contribution in [0.15, 0.2) is 42.5 Å². The van der Waals surface area contributed by atoms with Crippen LogP contribution >= 0.6 is 0 Å². The molecular formula is C26H29N3O4. The van der Waals surface area contributed by atoms with Gasteiger partial charge in [0.1, 0.15) is 12.3 Å². The van der Waals surface area contributed by atoms with Gasteiger partial charge < -0.3 is 14.5 Å². The van der Waals surface area contributed by atoms with E-state index in [2.05, 4.69) is 0 Å². The van der Waals surface area contributed by atoms with Crippen LogP contribution in [0.5, 0.6) is 5.75 Å². The smallest absolute Gasteiger partial charge is 0.271 e. The van der Waals surface area contributed by atoms with Crippen molar-refractivity contribution in [3.05, 3.63) is 53.6 Å². The van der Waals surface area contributed by atoms with Gasteiger partial charge in [0.05, 0.1) is 5.69 Å². The van der Waals surface area contributed by atoms with Crippen LogP contribution in [0.1, 0.15) is 49.0 Å². The second kappa shape index (κ2) is 8.21. The largest absolute Gasteiger partial charge is 0.476 e. The van der Waals surface area contributed by atoms with Crippen molar-refractivity contribution in [3.8, 4) is 5.75 Å². The number of carbonyl (C=O) groups is 3. The molecule has 5 rings (SSSR count). The van der Waals surface area contributed by atoms with Crippen LogP contribution in [0.4, 0.5) is 11.4 Å². The Bertz CT molecular complexity index is 1120. The number of anilines is 2. The lowest BCUT2D eigenvalue weighted by Crippen LogP contribution is -2.55. The van der Waals surface area contributed by atoms with Gasteiger partial charge in [-0.05, 0) is 69.4 Å². The summed E-state index contributed by atoms with van der Waals surface area (Å²) in [5.74, 6) is 0.0279. The van der Waals surface area contributed by atoms with Gasteiger partial charge in [0.2, 0.25) is 5.91 Å². The molecule has 33 heavy (non-hydrogen) atoms. The topological polar surface area (TPSA) is 70.2 Å². The summed E-state index contributed by atoms with van der Waals surface area (Å²) < 4.78 is 5.96. The summed E-state index contributed by atoms with van der Waals surface area (Å²) in [6.45, 7) is 5.42. The summed E-state index contributed by atoms with van der Waals surface area (Å²) in [6.07, 6.45) is 3.92. The molecule has 0 unspecified atom stereocenters. The van der Waals surface area contributed by atoms with Crippen molar-refractivity contribution in [2.45, 2.75) is 45.1 Å². The molecule has 0 aliphatic carbocycles. The van der Waals surface area contributed by atoms with Gasteiger partial charge >= 0.3 is 0 Å². The molecule has 0 saturated carbocycles. The van der Waals surface area contributed by atoms with Crippen LogP contribution in [0.2, 0.25) is 0 Å². The number of para-hydroxylation sites is 1. The first kappa shape index (κ1) is 21.5. The number of rotatable bonds is 3. The molecule has 2 aromatic carbocycles. The van der Waals surface area contributed by atoms with Gasteiger partial charge in [-0.15, -0.1) is 0 Å². The molecule has 7 nitrogen and oxygen atoms in total. The predicted octanol–water partition coefficient (Wildman–Crippen LogP) is 3.41. The van der Waals surface area contributed by atoms with Crippen molar-refractivity contribution in [1.29, 1.82) is 0 Å². The summed E-state index contributed by atoms with van der Waals surface area (Å²) in [5.41, 5.74) is 1.93. The molecule has 0 bridgehead atoms. The molecular weight excluding hydrogens is 418 g/mol. The molecule has 0 radical (unpaired) electrons. The van der Waals surface area contributed by atoms with Gasteiger partial charge in [-0.3, -0.25) is 19.3 Å². The molecule has 1 fully saturated rings. The summed E-state index contributed by atoms with van der Waals surface area (Å²) in [6, 6.07) is 13.1. The SMILES string of the molecule is CC1(C)Oc2ccc(C(=O)N3CCc4ccccc43)cc2N(CC(=O)N2CCCCC2)C1=O. The second-order valence-corrected chi connectivity index (χ2v) is 9.46. The first-order valence-electron chi connectivity index (χ1n) is 11.7. The minimum atomic E-state index is -1.09. The Morgan fingerprint density at radius 1 is 0.970 bits per heavy atom. The number of fused-ring (bicyclic) bond motifs is 2. The minimum Gasteiger partial charge on any atom is -0.476 e. The average molecular weight is 448 g/mol. The minimum absolute atomic E-state index is 0.0528. The van der Waals surface area contributed by atoms with Crippen molar-refractivity contribution in [2.75, 3.05) is 36.0 Å². The van der Waals surface area contributed by atoms with E-state index in [1.807, 2.05) is 29.2 Å². The lowest BCUT2D eigenvalue weighted by Gasteiger charge is -2.39. The molecule has 3 aliphatic rings. The molecule has 0 spiro atoms. The zero-order valence-corrected chi connectivity index (χ0v) is 19.2. The number of benzene rings is 2. The van der Waals surface area contributed by atoms with Crippen molar-refractivity contribution >= 4 is 29.1 Å². The van der Waals surface area contributed by atoms with Crippen molar-refractivity contribution in [1.82, 2.24) is 4.90 Å². The quantitative estimate of drug-likeness (QED) is 0.723. The first-order chi connectivity index (χ1) is 15.8. The summed E-state index contributed by atoms with van der Waals surface area (Å²) in [4.78, 5) is 44.8. The Morgan fingerprint density at radius 2 is 1.73 bits per heavy atom. The Balaban J connectivity index is 1.46. The Labute approximate surface area is 193 Å². The van der Waals surface area contributed by atoms with E-state index in [0.717, 1.165) is 50.0 Å². The average Bonchev–Trinajstić information content (AvgIpc) is 3.26. The maximum absolute atomic E-state index is 13.4. The highest BCUT2D eigenvalue weighted by atomic mass is 16.5. The molecule has 0 atom stereocenters. The number of carbonyl (C=O) groups excluding carboxylic acids is 3. The molecule has 0 aromatic heterocycles. The maximum Gasteiger partial charge on any atom is 0.271 e. The third kappa shape index (κ3) is 3.86. The Hall–Kier alpha value is -3.35. The molecule has 7 heteroatoms. The maximum atomic E-state index is 13.4. The van der Waals surface area contributed by atoms with Gasteiger partial charge in [0, 0.05) is 30.9 Å². The lowest BCUT2D eigenvalue weighted by atomic mass is 10.0. The normalized spacial score (nSPS) is 19.1. The molecule has 172 valence electrons. The van der Waals surface area contributed by atoms with Crippen LogP contribution in [-0.4, -0.2) is 54.4 Å². The molecule has 1 saturated heterocycles. The van der Waals surface area contributed by atoms with Crippen LogP contribution < -0.4 is 14.5 Å². The molecule has 0 N–H and O–H groups in total. The number of ether oxygens (including phenoxy) is 1. The molecule has 3 heterocycles. The highest BCUT2D eigenvalue weighted by Crippen LogP contribution is 2.39. The van der Waals surface area contributed by atoms with E-state index in [0.29, 0.717) is 23.5 Å². The monoisotopic (exact) mass is 447 g/mol. The number of hydrogen-bond donors (Lipinski definition) is 0. The number of likely N-dealkylation sites (tertiary alicyclic amines) is 1. The fraction of sp³-hybridized carbons (Fsp3) is 0.423.